The Morgan fingerprint density at radius 1 is 1.40 bits per heavy atom. The molecule has 0 heterocycles. The van der Waals surface area contributed by atoms with E-state index in [4.69, 9.17) is 0 Å². The molecule has 0 unspecified atom stereocenters. The van der Waals surface area contributed by atoms with Gasteiger partial charge in [-0.3, -0.25) is 9.89 Å². The summed E-state index contributed by atoms with van der Waals surface area (Å²) in [7, 11) is 3.95. The Balaban J connectivity index is 0.00000361. The van der Waals surface area contributed by atoms with Crippen LogP contribution in [0.5, 0.6) is 0 Å². The van der Waals surface area contributed by atoms with Gasteiger partial charge in [-0.1, -0.05) is 13.0 Å². The quantitative estimate of drug-likeness (QED) is 0.214. The molecule has 1 N–H and O–H groups in total. The van der Waals surface area contributed by atoms with Gasteiger partial charge >= 0.3 is 0 Å². The van der Waals surface area contributed by atoms with E-state index in [1.165, 1.54) is 12.8 Å². The van der Waals surface area contributed by atoms with Crippen LogP contribution >= 0.6 is 24.0 Å². The van der Waals surface area contributed by atoms with E-state index in [1.807, 2.05) is 13.1 Å². The molecular formula is C15H31IN4. The van der Waals surface area contributed by atoms with Crippen LogP contribution in [0.3, 0.4) is 0 Å². The van der Waals surface area contributed by atoms with E-state index in [9.17, 15) is 0 Å². The van der Waals surface area contributed by atoms with Gasteiger partial charge in [-0.2, -0.15) is 0 Å². The molecule has 0 aromatic heterocycles. The van der Waals surface area contributed by atoms with Crippen molar-refractivity contribution in [3.63, 3.8) is 0 Å². The lowest BCUT2D eigenvalue weighted by Gasteiger charge is -2.24. The molecule has 0 atom stereocenters. The molecule has 0 amide bonds. The van der Waals surface area contributed by atoms with Crippen molar-refractivity contribution in [2.24, 2.45) is 4.99 Å². The zero-order valence-corrected chi connectivity index (χ0v) is 15.6. The summed E-state index contributed by atoms with van der Waals surface area (Å²) in [5.41, 5.74) is 0. The summed E-state index contributed by atoms with van der Waals surface area (Å²) in [4.78, 5) is 9.08. The molecule has 1 aliphatic rings. The number of aliphatic imine (C=N–C) groups is 1. The summed E-state index contributed by atoms with van der Waals surface area (Å²) >= 11 is 0. The summed E-state index contributed by atoms with van der Waals surface area (Å²) < 4.78 is 0. The van der Waals surface area contributed by atoms with E-state index < -0.39 is 0 Å². The molecule has 0 aromatic rings. The smallest absolute Gasteiger partial charge is 0.193 e. The standard InChI is InChI=1S/C15H30N4.HI/c1-5-7-8-12-18(4)15(16-3)17-11-13-19(6-2)14-9-10-14;/h5,14H,1,6-13H2,2-4H3,(H,16,17);1H. The molecule has 0 bridgehead atoms. The van der Waals surface area contributed by atoms with Gasteiger partial charge in [0.15, 0.2) is 5.96 Å². The Labute approximate surface area is 141 Å². The number of guanidine groups is 1. The highest BCUT2D eigenvalue weighted by Crippen LogP contribution is 2.25. The minimum atomic E-state index is 0. The topological polar surface area (TPSA) is 30.9 Å². The highest BCUT2D eigenvalue weighted by Gasteiger charge is 2.27. The molecular weight excluding hydrogens is 363 g/mol. The van der Waals surface area contributed by atoms with Gasteiger partial charge in [0.25, 0.3) is 0 Å². The number of hydrogen-bond donors (Lipinski definition) is 1. The fraction of sp³-hybridized carbons (Fsp3) is 0.800. The first kappa shape index (κ1) is 19.7. The van der Waals surface area contributed by atoms with Crippen molar-refractivity contribution in [3.05, 3.63) is 12.7 Å². The van der Waals surface area contributed by atoms with Crippen LogP contribution in [0.15, 0.2) is 17.6 Å². The number of allylic oxidation sites excluding steroid dienone is 1. The number of hydrogen-bond acceptors (Lipinski definition) is 2. The lowest BCUT2D eigenvalue weighted by Crippen LogP contribution is -2.43. The average molecular weight is 394 g/mol. The largest absolute Gasteiger partial charge is 0.355 e. The average Bonchev–Trinajstić information content (AvgIpc) is 3.23. The van der Waals surface area contributed by atoms with Crippen LogP contribution in [0.25, 0.3) is 0 Å². The van der Waals surface area contributed by atoms with E-state index in [2.05, 4.69) is 40.7 Å². The van der Waals surface area contributed by atoms with Crippen molar-refractivity contribution in [1.82, 2.24) is 15.1 Å². The van der Waals surface area contributed by atoms with Crippen LogP contribution in [0.1, 0.15) is 32.6 Å². The van der Waals surface area contributed by atoms with Gasteiger partial charge in [0, 0.05) is 39.8 Å². The Morgan fingerprint density at radius 3 is 2.60 bits per heavy atom. The molecule has 5 heteroatoms. The van der Waals surface area contributed by atoms with Crippen LogP contribution in [0.4, 0.5) is 0 Å². The van der Waals surface area contributed by atoms with Crippen molar-refractivity contribution in [1.29, 1.82) is 0 Å². The summed E-state index contributed by atoms with van der Waals surface area (Å²) in [5.74, 6) is 0.996. The monoisotopic (exact) mass is 394 g/mol. The molecule has 1 saturated carbocycles. The molecule has 4 nitrogen and oxygen atoms in total. The first-order chi connectivity index (χ1) is 9.22. The molecule has 1 fully saturated rings. The number of nitrogens with one attached hydrogen (secondary N) is 1. The van der Waals surface area contributed by atoms with Gasteiger partial charge in [0.2, 0.25) is 0 Å². The zero-order chi connectivity index (χ0) is 14.1. The summed E-state index contributed by atoms with van der Waals surface area (Å²) in [6.07, 6.45) is 6.92. The van der Waals surface area contributed by atoms with Gasteiger partial charge in [0.05, 0.1) is 0 Å². The molecule has 1 aliphatic carbocycles. The Bertz CT molecular complexity index is 290. The number of rotatable bonds is 9. The minimum Gasteiger partial charge on any atom is -0.355 e. The lowest BCUT2D eigenvalue weighted by atomic mass is 10.3. The SMILES string of the molecule is C=CCCCN(C)C(=NC)NCCN(CC)C1CC1.I. The molecule has 0 radical (unpaired) electrons. The Hall–Kier alpha value is -0.300. The molecule has 118 valence electrons. The third-order valence-corrected chi connectivity index (χ3v) is 3.63. The fourth-order valence-electron chi connectivity index (χ4n) is 2.31. The number of unbranched alkanes of at least 4 members (excludes halogenated alkanes) is 1. The minimum absolute atomic E-state index is 0. The van der Waals surface area contributed by atoms with Crippen LogP contribution in [0.2, 0.25) is 0 Å². The van der Waals surface area contributed by atoms with E-state index in [1.54, 1.807) is 0 Å². The second-order valence-electron chi connectivity index (χ2n) is 5.19. The van der Waals surface area contributed by atoms with Gasteiger partial charge in [-0.05, 0) is 32.2 Å². The van der Waals surface area contributed by atoms with Crippen molar-refractivity contribution in [2.45, 2.75) is 38.6 Å². The molecule has 0 aliphatic heterocycles. The fourth-order valence-corrected chi connectivity index (χ4v) is 2.31. The van der Waals surface area contributed by atoms with E-state index in [0.29, 0.717) is 0 Å². The molecule has 0 aromatic carbocycles. The van der Waals surface area contributed by atoms with Crippen LogP contribution < -0.4 is 5.32 Å². The zero-order valence-electron chi connectivity index (χ0n) is 13.3. The maximum atomic E-state index is 4.34. The van der Waals surface area contributed by atoms with Gasteiger partial charge in [-0.15, -0.1) is 30.6 Å². The van der Waals surface area contributed by atoms with Gasteiger partial charge in [0.1, 0.15) is 0 Å². The van der Waals surface area contributed by atoms with E-state index in [0.717, 1.165) is 51.0 Å². The van der Waals surface area contributed by atoms with Crippen molar-refractivity contribution >= 4 is 29.9 Å². The van der Waals surface area contributed by atoms with E-state index in [-0.39, 0.29) is 24.0 Å². The first-order valence-corrected chi connectivity index (χ1v) is 7.49. The van der Waals surface area contributed by atoms with Crippen molar-refractivity contribution in [3.8, 4) is 0 Å². The van der Waals surface area contributed by atoms with Crippen LogP contribution in [-0.4, -0.2) is 62.1 Å². The van der Waals surface area contributed by atoms with Gasteiger partial charge < -0.3 is 10.2 Å². The second-order valence-corrected chi connectivity index (χ2v) is 5.19. The van der Waals surface area contributed by atoms with Crippen molar-refractivity contribution in [2.75, 3.05) is 40.3 Å². The van der Waals surface area contributed by atoms with E-state index >= 15 is 0 Å². The summed E-state index contributed by atoms with van der Waals surface area (Å²) in [6, 6.07) is 0.846. The number of likely N-dealkylation sites (N-methyl/N-ethyl adjacent to an activating group) is 1. The first-order valence-electron chi connectivity index (χ1n) is 7.49. The third-order valence-electron chi connectivity index (χ3n) is 3.63. The highest BCUT2D eigenvalue weighted by molar-refractivity contribution is 14.0. The summed E-state index contributed by atoms with van der Waals surface area (Å²) in [5, 5.41) is 3.45. The Morgan fingerprint density at radius 2 is 2.10 bits per heavy atom. The number of halogens is 1. The molecule has 20 heavy (non-hydrogen) atoms. The normalized spacial score (nSPS) is 14.9. The van der Waals surface area contributed by atoms with Crippen LogP contribution in [-0.2, 0) is 0 Å². The lowest BCUT2D eigenvalue weighted by molar-refractivity contribution is 0.280. The maximum Gasteiger partial charge on any atom is 0.193 e. The van der Waals surface area contributed by atoms with Gasteiger partial charge in [-0.25, -0.2) is 0 Å². The molecule has 0 spiro atoms. The molecule has 0 saturated heterocycles. The Kier molecular flexibility index (Phi) is 11.2. The summed E-state index contributed by atoms with van der Waals surface area (Å²) in [6.45, 7) is 10.3. The second kappa shape index (κ2) is 11.4. The third kappa shape index (κ3) is 7.47. The van der Waals surface area contributed by atoms with Crippen LogP contribution in [0, 0.1) is 0 Å². The highest BCUT2D eigenvalue weighted by atomic mass is 127. The van der Waals surface area contributed by atoms with Crippen molar-refractivity contribution < 1.29 is 0 Å². The molecule has 1 rings (SSSR count). The number of nitrogens with zero attached hydrogens (tertiary/aromatic N) is 3. The predicted molar refractivity (Wildman–Crippen MR) is 99.1 cm³/mol. The maximum absolute atomic E-state index is 4.34. The predicted octanol–water partition coefficient (Wildman–Crippen LogP) is 2.56.